The van der Waals surface area contributed by atoms with Crippen LogP contribution in [0.3, 0.4) is 0 Å². The summed E-state index contributed by atoms with van der Waals surface area (Å²) in [5.41, 5.74) is 4.09. The number of rotatable bonds is 4. The van der Waals surface area contributed by atoms with Gasteiger partial charge in [-0.3, -0.25) is 13.8 Å². The Kier molecular flexibility index (Phi) is 4.99. The van der Waals surface area contributed by atoms with E-state index in [9.17, 15) is 13.8 Å². The molecule has 0 radical (unpaired) electrons. The first-order valence-electron chi connectivity index (χ1n) is 8.05. The minimum absolute atomic E-state index is 0.0284. The Morgan fingerprint density at radius 3 is 2.72 bits per heavy atom. The third-order valence-corrected chi connectivity index (χ3v) is 4.91. The smallest absolute Gasteiger partial charge is 0.255 e. The predicted molar refractivity (Wildman–Crippen MR) is 100 cm³/mol. The van der Waals surface area contributed by atoms with Crippen molar-refractivity contribution < 1.29 is 13.8 Å². The van der Waals surface area contributed by atoms with Crippen LogP contribution in [0.1, 0.15) is 28.4 Å². The number of hydrogen-bond donors (Lipinski definition) is 1. The van der Waals surface area contributed by atoms with Gasteiger partial charge in [-0.1, -0.05) is 12.1 Å². The van der Waals surface area contributed by atoms with Crippen LogP contribution in [0, 0.1) is 0 Å². The molecule has 1 aliphatic rings. The van der Waals surface area contributed by atoms with Crippen molar-refractivity contribution in [2.24, 2.45) is 0 Å². The Hall–Kier alpha value is -2.47. The first-order valence-corrected chi connectivity index (χ1v) is 9.78. The molecule has 2 amide bonds. The van der Waals surface area contributed by atoms with Crippen molar-refractivity contribution in [3.63, 3.8) is 0 Å². The van der Waals surface area contributed by atoms with Gasteiger partial charge in [0.2, 0.25) is 5.91 Å². The molecule has 0 spiro atoms. The Labute approximate surface area is 149 Å². The summed E-state index contributed by atoms with van der Waals surface area (Å²) >= 11 is 0. The molecule has 0 aliphatic carbocycles. The lowest BCUT2D eigenvalue weighted by atomic mass is 10.1. The van der Waals surface area contributed by atoms with Crippen LogP contribution in [0.5, 0.6) is 0 Å². The van der Waals surface area contributed by atoms with E-state index in [-0.39, 0.29) is 11.8 Å². The third-order valence-electron chi connectivity index (χ3n) is 4.17. The summed E-state index contributed by atoms with van der Waals surface area (Å²) in [6.45, 7) is 2.24. The topological polar surface area (TPSA) is 66.5 Å². The van der Waals surface area contributed by atoms with Crippen molar-refractivity contribution in [3.05, 3.63) is 59.2 Å². The van der Waals surface area contributed by atoms with Gasteiger partial charge in [-0.05, 0) is 47.9 Å². The molecule has 1 atom stereocenters. The van der Waals surface area contributed by atoms with Crippen LogP contribution < -0.4 is 10.2 Å². The van der Waals surface area contributed by atoms with Crippen LogP contribution in [0.25, 0.3) is 0 Å². The van der Waals surface area contributed by atoms with Crippen LogP contribution in [0.2, 0.25) is 0 Å². The molecule has 1 aliphatic heterocycles. The van der Waals surface area contributed by atoms with E-state index in [1.807, 2.05) is 24.3 Å². The zero-order valence-electron chi connectivity index (χ0n) is 14.2. The summed E-state index contributed by atoms with van der Waals surface area (Å²) in [5.74, 6) is 0.256. The second kappa shape index (κ2) is 7.19. The van der Waals surface area contributed by atoms with Crippen LogP contribution >= 0.6 is 0 Å². The van der Waals surface area contributed by atoms with E-state index >= 15 is 0 Å². The van der Waals surface area contributed by atoms with Gasteiger partial charge in [0.15, 0.2) is 0 Å². The first-order chi connectivity index (χ1) is 11.9. The van der Waals surface area contributed by atoms with Crippen LogP contribution in [-0.2, 0) is 27.8 Å². The molecule has 0 fully saturated rings. The fourth-order valence-electron chi connectivity index (χ4n) is 3.05. The number of carbonyl (C=O) groups excluding carboxylic acids is 2. The number of anilines is 2. The number of carbonyl (C=O) groups is 2. The largest absolute Gasteiger partial charge is 0.322 e. The summed E-state index contributed by atoms with van der Waals surface area (Å²) in [6, 6.07) is 12.8. The van der Waals surface area contributed by atoms with E-state index in [2.05, 4.69) is 5.32 Å². The molecule has 1 unspecified atom stereocenters. The number of amides is 2. The second-order valence-electron chi connectivity index (χ2n) is 6.14. The maximum absolute atomic E-state index is 12.5. The van der Waals surface area contributed by atoms with Gasteiger partial charge in [0.1, 0.15) is 0 Å². The standard InChI is InChI=1S/C19H20N2O3S/c1-13(22)21-9-8-15-11-17(6-7-18(15)21)20-19(23)16-5-3-4-14(10-16)12-25(2)24/h3-7,10-11H,8-9,12H2,1-2H3,(H,20,23). The van der Waals surface area contributed by atoms with Crippen LogP contribution in [0.15, 0.2) is 42.5 Å². The molecular weight excluding hydrogens is 336 g/mol. The van der Waals surface area contributed by atoms with Gasteiger partial charge in [0, 0.05) is 53.2 Å². The lowest BCUT2D eigenvalue weighted by molar-refractivity contribution is -0.116. The quantitative estimate of drug-likeness (QED) is 0.916. The van der Waals surface area contributed by atoms with E-state index in [1.165, 1.54) is 0 Å². The van der Waals surface area contributed by atoms with E-state index in [0.29, 0.717) is 23.5 Å². The fourth-order valence-corrected chi connectivity index (χ4v) is 3.70. The van der Waals surface area contributed by atoms with E-state index in [0.717, 1.165) is 23.2 Å². The van der Waals surface area contributed by atoms with Gasteiger partial charge in [-0.2, -0.15) is 0 Å². The molecule has 130 valence electrons. The maximum Gasteiger partial charge on any atom is 0.255 e. The number of nitrogens with one attached hydrogen (secondary N) is 1. The molecule has 2 aromatic rings. The van der Waals surface area contributed by atoms with Crippen LogP contribution in [-0.4, -0.2) is 28.8 Å². The van der Waals surface area contributed by atoms with Crippen molar-refractivity contribution in [2.45, 2.75) is 19.1 Å². The van der Waals surface area contributed by atoms with Gasteiger partial charge in [-0.25, -0.2) is 0 Å². The highest BCUT2D eigenvalue weighted by atomic mass is 32.2. The van der Waals surface area contributed by atoms with Crippen molar-refractivity contribution >= 4 is 34.0 Å². The zero-order valence-corrected chi connectivity index (χ0v) is 15.1. The molecule has 6 heteroatoms. The van der Waals surface area contributed by atoms with Gasteiger partial charge in [0.25, 0.3) is 5.91 Å². The van der Waals surface area contributed by atoms with Gasteiger partial charge < -0.3 is 10.2 Å². The van der Waals surface area contributed by atoms with E-state index in [1.54, 1.807) is 36.3 Å². The molecule has 5 nitrogen and oxygen atoms in total. The summed E-state index contributed by atoms with van der Waals surface area (Å²) in [7, 11) is -0.947. The summed E-state index contributed by atoms with van der Waals surface area (Å²) in [6.07, 6.45) is 2.43. The van der Waals surface area contributed by atoms with Crippen molar-refractivity contribution in [3.8, 4) is 0 Å². The van der Waals surface area contributed by atoms with Gasteiger partial charge in [0.05, 0.1) is 0 Å². The minimum Gasteiger partial charge on any atom is -0.322 e. The molecule has 2 aromatic carbocycles. The number of hydrogen-bond acceptors (Lipinski definition) is 3. The van der Waals surface area contributed by atoms with Gasteiger partial charge >= 0.3 is 0 Å². The van der Waals surface area contributed by atoms with Gasteiger partial charge in [-0.15, -0.1) is 0 Å². The Morgan fingerprint density at radius 1 is 1.20 bits per heavy atom. The molecule has 1 N–H and O–H groups in total. The number of nitrogens with zero attached hydrogens (tertiary/aromatic N) is 1. The maximum atomic E-state index is 12.5. The minimum atomic E-state index is -0.947. The molecule has 1 heterocycles. The lowest BCUT2D eigenvalue weighted by Crippen LogP contribution is -2.25. The Balaban J connectivity index is 1.76. The van der Waals surface area contributed by atoms with E-state index in [4.69, 9.17) is 0 Å². The lowest BCUT2D eigenvalue weighted by Gasteiger charge is -2.15. The summed E-state index contributed by atoms with van der Waals surface area (Å²) in [5, 5.41) is 2.89. The van der Waals surface area contributed by atoms with Crippen molar-refractivity contribution in [2.75, 3.05) is 23.0 Å². The second-order valence-corrected chi connectivity index (χ2v) is 7.57. The molecule has 0 aromatic heterocycles. The van der Waals surface area contributed by atoms with E-state index < -0.39 is 10.8 Å². The zero-order chi connectivity index (χ0) is 18.0. The van der Waals surface area contributed by atoms with Crippen LogP contribution in [0.4, 0.5) is 11.4 Å². The highest BCUT2D eigenvalue weighted by Gasteiger charge is 2.22. The summed E-state index contributed by atoms with van der Waals surface area (Å²) < 4.78 is 11.4. The number of benzene rings is 2. The molecule has 0 bridgehead atoms. The molecule has 25 heavy (non-hydrogen) atoms. The Bertz CT molecular complexity index is 863. The first kappa shape index (κ1) is 17.4. The number of fused-ring (bicyclic) bond motifs is 1. The highest BCUT2D eigenvalue weighted by molar-refractivity contribution is 7.83. The fraction of sp³-hybridized carbons (Fsp3) is 0.263. The normalized spacial score (nSPS) is 14.1. The average molecular weight is 356 g/mol. The third kappa shape index (κ3) is 3.96. The molecule has 3 rings (SSSR count). The molecule has 0 saturated heterocycles. The molecule has 0 saturated carbocycles. The Morgan fingerprint density at radius 2 is 2.00 bits per heavy atom. The summed E-state index contributed by atoms with van der Waals surface area (Å²) in [4.78, 5) is 25.8. The SMILES string of the molecule is CC(=O)N1CCc2cc(NC(=O)c3cccc(CS(C)=O)c3)ccc21. The van der Waals surface area contributed by atoms with Crippen molar-refractivity contribution in [1.82, 2.24) is 0 Å². The average Bonchev–Trinajstić information content (AvgIpc) is 2.98. The highest BCUT2D eigenvalue weighted by Crippen LogP contribution is 2.30. The monoisotopic (exact) mass is 356 g/mol. The predicted octanol–water partition coefficient (Wildman–Crippen LogP) is 2.73. The van der Waals surface area contributed by atoms with Crippen molar-refractivity contribution in [1.29, 1.82) is 0 Å². The molecular formula is C19H20N2O3S.